The van der Waals surface area contributed by atoms with Gasteiger partial charge in [0, 0.05) is 34.5 Å². The lowest BCUT2D eigenvalue weighted by Gasteiger charge is -2.25. The number of nitrogens with one attached hydrogen (secondary N) is 1. The fourth-order valence-electron chi connectivity index (χ4n) is 4.40. The molecule has 3 N–H and O–H groups in total. The minimum absolute atomic E-state index is 0.113. The Kier molecular flexibility index (Phi) is 5.14. The number of hydrogen-bond acceptors (Lipinski definition) is 5. The number of para-hydroxylation sites is 1. The maximum Gasteiger partial charge on any atom is 0.325 e. The summed E-state index contributed by atoms with van der Waals surface area (Å²) >= 11 is 0. The number of ether oxygens (including phenoxy) is 1. The van der Waals surface area contributed by atoms with Crippen LogP contribution < -0.4 is 14.8 Å². The summed E-state index contributed by atoms with van der Waals surface area (Å²) in [5, 5.41) is 29.6. The third kappa shape index (κ3) is 3.62. The second-order valence-corrected chi connectivity index (χ2v) is 8.23. The Morgan fingerprint density at radius 1 is 1.12 bits per heavy atom. The number of aromatic nitrogens is 3. The van der Waals surface area contributed by atoms with Crippen molar-refractivity contribution in [3.63, 3.8) is 0 Å². The Morgan fingerprint density at radius 3 is 2.69 bits per heavy atom. The number of benzene rings is 2. The smallest absolute Gasteiger partial charge is 0.325 e. The SMILES string of the molecule is COc1cc2nn([C@H]3CC[C@H](O)CC3)cc2cc1NC(=O)c1ccc2ccccc2[n+]1O. The van der Waals surface area contributed by atoms with Gasteiger partial charge in [-0.25, -0.2) is 0 Å². The van der Waals surface area contributed by atoms with Gasteiger partial charge < -0.3 is 15.2 Å². The number of hydrogen-bond donors (Lipinski definition) is 3. The van der Waals surface area contributed by atoms with Crippen molar-refractivity contribution >= 4 is 33.4 Å². The minimum atomic E-state index is -0.454. The second kappa shape index (κ2) is 8.12. The van der Waals surface area contributed by atoms with E-state index in [1.54, 1.807) is 37.4 Å². The highest BCUT2D eigenvalue weighted by Gasteiger charge is 2.25. The molecule has 2 aromatic carbocycles. The van der Waals surface area contributed by atoms with Gasteiger partial charge in [-0.1, -0.05) is 12.1 Å². The van der Waals surface area contributed by atoms with E-state index in [0.717, 1.165) is 46.7 Å². The normalized spacial score (nSPS) is 18.7. The van der Waals surface area contributed by atoms with Crippen LogP contribution in [0.1, 0.15) is 42.2 Å². The molecule has 0 bridgehead atoms. The van der Waals surface area contributed by atoms with Gasteiger partial charge in [0.1, 0.15) is 5.75 Å². The number of carbonyl (C=O) groups is 1. The van der Waals surface area contributed by atoms with Crippen molar-refractivity contribution in [2.24, 2.45) is 0 Å². The molecule has 0 aliphatic heterocycles. The number of rotatable bonds is 4. The quantitative estimate of drug-likeness (QED) is 0.338. The van der Waals surface area contributed by atoms with E-state index in [1.807, 2.05) is 29.1 Å². The number of carbonyl (C=O) groups excluding carboxylic acids is 1. The van der Waals surface area contributed by atoms with Crippen LogP contribution in [-0.4, -0.2) is 39.2 Å². The molecular formula is C24H25N4O4+. The Morgan fingerprint density at radius 2 is 1.91 bits per heavy atom. The summed E-state index contributed by atoms with van der Waals surface area (Å²) in [5.41, 5.74) is 1.93. The van der Waals surface area contributed by atoms with Gasteiger partial charge in [0.15, 0.2) is 0 Å². The van der Waals surface area contributed by atoms with Crippen molar-refractivity contribution in [3.05, 3.63) is 60.4 Å². The van der Waals surface area contributed by atoms with Gasteiger partial charge in [-0.3, -0.25) is 14.7 Å². The zero-order chi connectivity index (χ0) is 22.2. The van der Waals surface area contributed by atoms with Crippen molar-refractivity contribution in [1.29, 1.82) is 0 Å². The summed E-state index contributed by atoms with van der Waals surface area (Å²) in [6.45, 7) is 0. The van der Waals surface area contributed by atoms with Crippen LogP contribution in [0.25, 0.3) is 21.8 Å². The van der Waals surface area contributed by atoms with E-state index in [4.69, 9.17) is 9.84 Å². The first-order valence-corrected chi connectivity index (χ1v) is 10.7. The van der Waals surface area contributed by atoms with Crippen molar-refractivity contribution in [1.82, 2.24) is 9.78 Å². The molecule has 4 aromatic rings. The average molecular weight is 433 g/mol. The van der Waals surface area contributed by atoms with Crippen LogP contribution in [0.5, 0.6) is 5.75 Å². The van der Waals surface area contributed by atoms with Gasteiger partial charge in [0.25, 0.3) is 5.52 Å². The molecular weight excluding hydrogens is 408 g/mol. The van der Waals surface area contributed by atoms with E-state index in [2.05, 4.69) is 5.32 Å². The number of aliphatic hydroxyl groups is 1. The van der Waals surface area contributed by atoms with E-state index < -0.39 is 5.91 Å². The lowest BCUT2D eigenvalue weighted by Crippen LogP contribution is -2.40. The fraction of sp³-hybridized carbons (Fsp3) is 0.292. The first-order valence-electron chi connectivity index (χ1n) is 10.7. The van der Waals surface area contributed by atoms with Crippen LogP contribution in [0.2, 0.25) is 0 Å². The van der Waals surface area contributed by atoms with Crippen LogP contribution in [0.3, 0.4) is 0 Å². The second-order valence-electron chi connectivity index (χ2n) is 8.23. The zero-order valence-corrected chi connectivity index (χ0v) is 17.7. The van der Waals surface area contributed by atoms with Gasteiger partial charge in [0.05, 0.1) is 35.8 Å². The van der Waals surface area contributed by atoms with Gasteiger partial charge in [-0.2, -0.15) is 5.10 Å². The zero-order valence-electron chi connectivity index (χ0n) is 17.7. The molecule has 0 spiro atoms. The maximum absolute atomic E-state index is 13.0. The Labute approximate surface area is 184 Å². The highest BCUT2D eigenvalue weighted by atomic mass is 16.5. The third-order valence-electron chi connectivity index (χ3n) is 6.18. The van der Waals surface area contributed by atoms with Gasteiger partial charge in [0.2, 0.25) is 0 Å². The molecule has 0 atom stereocenters. The first-order chi connectivity index (χ1) is 15.5. The number of amides is 1. The molecule has 1 amide bonds. The molecule has 5 rings (SSSR count). The molecule has 164 valence electrons. The molecule has 1 fully saturated rings. The van der Waals surface area contributed by atoms with Crippen molar-refractivity contribution in [2.75, 3.05) is 12.4 Å². The van der Waals surface area contributed by atoms with Crippen LogP contribution in [0.4, 0.5) is 5.69 Å². The van der Waals surface area contributed by atoms with Crippen LogP contribution in [-0.2, 0) is 0 Å². The summed E-state index contributed by atoms with van der Waals surface area (Å²) in [6.07, 6.45) is 5.07. The van der Waals surface area contributed by atoms with E-state index in [1.165, 1.54) is 0 Å². The topological polar surface area (TPSA) is 100 Å². The van der Waals surface area contributed by atoms with Crippen LogP contribution >= 0.6 is 0 Å². The summed E-state index contributed by atoms with van der Waals surface area (Å²) in [5.74, 6) is 0.0324. The molecule has 0 radical (unpaired) electrons. The molecule has 2 aromatic heterocycles. The molecule has 32 heavy (non-hydrogen) atoms. The third-order valence-corrected chi connectivity index (χ3v) is 6.18. The number of pyridine rings is 1. The summed E-state index contributed by atoms with van der Waals surface area (Å²) in [6, 6.07) is 14.5. The molecule has 1 aliphatic carbocycles. The van der Waals surface area contributed by atoms with Crippen molar-refractivity contribution in [3.8, 4) is 5.75 Å². The lowest BCUT2D eigenvalue weighted by atomic mass is 9.93. The standard InChI is InChI=1S/C24H24N4O4/c1-32-23-13-19-16(14-27(26-19)17-7-9-18(29)10-8-17)12-20(23)25-24(30)22-11-6-15-4-2-3-5-21(15)28(22)31/h2-6,11-14,17-18,29H,7-10H2,1H3,(H-,25,30,31)/p+1/t17-,18-. The predicted octanol–water partition coefficient (Wildman–Crippen LogP) is 3.45. The largest absolute Gasteiger partial charge is 0.494 e. The van der Waals surface area contributed by atoms with E-state index in [0.29, 0.717) is 17.0 Å². The Balaban J connectivity index is 1.45. The molecule has 8 heteroatoms. The van der Waals surface area contributed by atoms with Crippen molar-refractivity contribution in [2.45, 2.75) is 37.8 Å². The van der Waals surface area contributed by atoms with E-state index in [9.17, 15) is 15.1 Å². The monoisotopic (exact) mass is 433 g/mol. The Bertz CT molecular complexity index is 1310. The van der Waals surface area contributed by atoms with Gasteiger partial charge >= 0.3 is 11.6 Å². The molecule has 0 saturated heterocycles. The number of fused-ring (bicyclic) bond motifs is 2. The molecule has 1 aliphatic rings. The fourth-order valence-corrected chi connectivity index (χ4v) is 4.40. The summed E-state index contributed by atoms with van der Waals surface area (Å²) in [4.78, 5) is 13.0. The highest BCUT2D eigenvalue weighted by molar-refractivity contribution is 6.04. The van der Waals surface area contributed by atoms with Crippen LogP contribution in [0, 0.1) is 0 Å². The lowest BCUT2D eigenvalue weighted by molar-refractivity contribution is -0.885. The molecule has 8 nitrogen and oxygen atoms in total. The average Bonchev–Trinajstić information content (AvgIpc) is 3.22. The first kappa shape index (κ1) is 20.3. The van der Waals surface area contributed by atoms with Crippen molar-refractivity contribution < 1.29 is 24.6 Å². The molecule has 2 heterocycles. The van der Waals surface area contributed by atoms with Crippen LogP contribution in [0.15, 0.2) is 54.7 Å². The van der Waals surface area contributed by atoms with E-state index in [-0.39, 0.29) is 17.8 Å². The number of nitrogens with zero attached hydrogens (tertiary/aromatic N) is 3. The highest BCUT2D eigenvalue weighted by Crippen LogP contribution is 2.33. The summed E-state index contributed by atoms with van der Waals surface area (Å²) in [7, 11) is 1.54. The number of methoxy groups -OCH3 is 1. The summed E-state index contributed by atoms with van der Waals surface area (Å²) < 4.78 is 8.34. The number of anilines is 1. The maximum atomic E-state index is 13.0. The van der Waals surface area contributed by atoms with Gasteiger partial charge in [-0.15, -0.1) is 0 Å². The number of aliphatic hydroxyl groups excluding tert-OH is 1. The molecule has 1 saturated carbocycles. The predicted molar refractivity (Wildman–Crippen MR) is 119 cm³/mol. The van der Waals surface area contributed by atoms with Gasteiger partial charge in [-0.05, 0) is 43.9 Å². The molecule has 0 unspecified atom stereocenters. The minimum Gasteiger partial charge on any atom is -0.494 e. The Hall–Kier alpha value is -3.65. The van der Waals surface area contributed by atoms with E-state index >= 15 is 0 Å².